The van der Waals surface area contributed by atoms with Crippen LogP contribution in [-0.2, 0) is 6.61 Å². The number of ether oxygens (including phenoxy) is 1. The maximum Gasteiger partial charge on any atom is 0.294 e. The molecule has 1 fully saturated rings. The maximum absolute atomic E-state index is 12.9. The van der Waals surface area contributed by atoms with Crippen molar-refractivity contribution in [2.45, 2.75) is 44.8 Å². The fraction of sp³-hybridized carbons (Fsp3) is 0.280. The molecule has 4 aromatic rings. The summed E-state index contributed by atoms with van der Waals surface area (Å²) < 4.78 is 7.08. The van der Waals surface area contributed by atoms with Crippen LogP contribution in [0.2, 0.25) is 5.02 Å². The molecular weight excluding hydrogens is 454 g/mol. The highest BCUT2D eigenvalue weighted by Crippen LogP contribution is 2.23. The molecule has 1 saturated carbocycles. The van der Waals surface area contributed by atoms with Gasteiger partial charge in [0.25, 0.3) is 11.5 Å². The molecule has 0 aliphatic heterocycles. The summed E-state index contributed by atoms with van der Waals surface area (Å²) in [6, 6.07) is 16.6. The Kier molecular flexibility index (Phi) is 6.31. The summed E-state index contributed by atoms with van der Waals surface area (Å²) in [7, 11) is 0. The van der Waals surface area contributed by atoms with E-state index in [1.54, 1.807) is 24.3 Å². The zero-order valence-corrected chi connectivity index (χ0v) is 19.2. The Morgan fingerprint density at radius 2 is 1.82 bits per heavy atom. The Bertz CT molecular complexity index is 1380. The Labute approximate surface area is 200 Å². The van der Waals surface area contributed by atoms with Crippen molar-refractivity contribution < 1.29 is 9.53 Å². The number of aromatic amines is 1. The van der Waals surface area contributed by atoms with E-state index in [9.17, 15) is 9.59 Å². The zero-order valence-electron chi connectivity index (χ0n) is 18.5. The number of halogens is 1. The molecule has 174 valence electrons. The smallest absolute Gasteiger partial charge is 0.294 e. The number of H-pyrrole nitrogens is 1. The van der Waals surface area contributed by atoms with E-state index in [0.717, 1.165) is 35.8 Å². The molecule has 0 atom stereocenters. The number of rotatable bonds is 6. The standard InChI is InChI=1S/C25H24ClN5O3/c26-21-19(28-25-29-22(30-31(25)24(21)33)16-9-3-1-4-10-16)15-34-20-14-8-7-13-18(20)23(32)27-17-11-5-2-6-12-17/h1,3-4,7-10,13-14,17H,2,5-6,11-12,15H2,(H,27,32)(H,28,29,30). The van der Waals surface area contributed by atoms with Crippen molar-refractivity contribution in [3.05, 3.63) is 81.2 Å². The van der Waals surface area contributed by atoms with Crippen LogP contribution in [0.25, 0.3) is 17.2 Å². The van der Waals surface area contributed by atoms with Crippen molar-refractivity contribution in [2.24, 2.45) is 0 Å². The van der Waals surface area contributed by atoms with Crippen LogP contribution in [-0.4, -0.2) is 31.5 Å². The summed E-state index contributed by atoms with van der Waals surface area (Å²) in [4.78, 5) is 33.1. The minimum Gasteiger partial charge on any atom is -0.486 e. The highest BCUT2D eigenvalue weighted by Gasteiger charge is 2.20. The van der Waals surface area contributed by atoms with Crippen LogP contribution >= 0.6 is 11.6 Å². The minimum absolute atomic E-state index is 0.0359. The number of fused-ring (bicyclic) bond motifs is 1. The number of nitrogens with one attached hydrogen (secondary N) is 2. The summed E-state index contributed by atoms with van der Waals surface area (Å²) in [5.41, 5.74) is 1.09. The Hall–Kier alpha value is -3.65. The first-order chi connectivity index (χ1) is 16.6. The lowest BCUT2D eigenvalue weighted by atomic mass is 9.95. The Balaban J connectivity index is 1.37. The van der Waals surface area contributed by atoms with Crippen LogP contribution in [0.15, 0.2) is 59.4 Å². The van der Waals surface area contributed by atoms with E-state index in [2.05, 4.69) is 20.4 Å². The van der Waals surface area contributed by atoms with Crippen LogP contribution in [0.5, 0.6) is 5.75 Å². The van der Waals surface area contributed by atoms with Crippen molar-refractivity contribution >= 4 is 23.3 Å². The fourth-order valence-corrected chi connectivity index (χ4v) is 4.38. The van der Waals surface area contributed by atoms with Gasteiger partial charge in [-0.05, 0) is 25.0 Å². The van der Waals surface area contributed by atoms with Gasteiger partial charge in [0.2, 0.25) is 5.78 Å². The molecule has 9 heteroatoms. The van der Waals surface area contributed by atoms with E-state index in [-0.39, 0.29) is 29.4 Å². The SMILES string of the molecule is O=C(NC1CCCCC1)c1ccccc1OCc1[nH]c2nc(-c3ccccc3)nn2c(=O)c1Cl. The highest BCUT2D eigenvalue weighted by molar-refractivity contribution is 6.31. The van der Waals surface area contributed by atoms with Crippen molar-refractivity contribution in [1.29, 1.82) is 0 Å². The van der Waals surface area contributed by atoms with Gasteiger partial charge in [0, 0.05) is 11.6 Å². The number of hydrogen-bond donors (Lipinski definition) is 2. The van der Waals surface area contributed by atoms with Crippen LogP contribution in [0.3, 0.4) is 0 Å². The van der Waals surface area contributed by atoms with Gasteiger partial charge < -0.3 is 15.0 Å². The fourth-order valence-electron chi connectivity index (χ4n) is 4.20. The average Bonchev–Trinajstić information content (AvgIpc) is 3.31. The number of aromatic nitrogens is 4. The Morgan fingerprint density at radius 1 is 1.09 bits per heavy atom. The first kappa shape index (κ1) is 22.2. The second-order valence-corrected chi connectivity index (χ2v) is 8.73. The summed E-state index contributed by atoms with van der Waals surface area (Å²) in [6.45, 7) is -0.0359. The molecular formula is C25H24ClN5O3. The molecule has 1 amide bonds. The van der Waals surface area contributed by atoms with Gasteiger partial charge in [0.15, 0.2) is 5.82 Å². The summed E-state index contributed by atoms with van der Waals surface area (Å²) in [6.07, 6.45) is 5.47. The quantitative estimate of drug-likeness (QED) is 0.429. The molecule has 0 radical (unpaired) electrons. The first-order valence-corrected chi connectivity index (χ1v) is 11.7. The number of benzene rings is 2. The van der Waals surface area contributed by atoms with Crippen LogP contribution < -0.4 is 15.6 Å². The lowest BCUT2D eigenvalue weighted by molar-refractivity contribution is 0.0923. The summed E-state index contributed by atoms with van der Waals surface area (Å²) in [5, 5.41) is 7.35. The first-order valence-electron chi connectivity index (χ1n) is 11.4. The second kappa shape index (κ2) is 9.69. The summed E-state index contributed by atoms with van der Waals surface area (Å²) >= 11 is 6.33. The second-order valence-electron chi connectivity index (χ2n) is 8.35. The molecule has 2 aromatic carbocycles. The highest BCUT2D eigenvalue weighted by atomic mass is 35.5. The lowest BCUT2D eigenvalue weighted by Crippen LogP contribution is -2.36. The molecule has 2 heterocycles. The van der Waals surface area contributed by atoms with E-state index < -0.39 is 5.56 Å². The number of para-hydroxylation sites is 1. The molecule has 2 N–H and O–H groups in total. The number of carbonyl (C=O) groups is 1. The molecule has 0 bridgehead atoms. The average molecular weight is 478 g/mol. The monoisotopic (exact) mass is 477 g/mol. The molecule has 1 aliphatic carbocycles. The number of amides is 1. The predicted octanol–water partition coefficient (Wildman–Crippen LogP) is 4.38. The molecule has 0 spiro atoms. The molecule has 34 heavy (non-hydrogen) atoms. The van der Waals surface area contributed by atoms with Gasteiger partial charge >= 0.3 is 0 Å². The van der Waals surface area contributed by atoms with E-state index in [4.69, 9.17) is 16.3 Å². The number of hydrogen-bond acceptors (Lipinski definition) is 5. The summed E-state index contributed by atoms with van der Waals surface area (Å²) in [5.74, 6) is 0.921. The third-order valence-electron chi connectivity index (χ3n) is 5.99. The third kappa shape index (κ3) is 4.54. The van der Waals surface area contributed by atoms with Gasteiger partial charge in [-0.15, -0.1) is 5.10 Å². The van der Waals surface area contributed by atoms with Crippen LogP contribution in [0.1, 0.15) is 48.2 Å². The van der Waals surface area contributed by atoms with Gasteiger partial charge in [-0.1, -0.05) is 73.3 Å². The topological polar surface area (TPSA) is 101 Å². The molecule has 1 aliphatic rings. The largest absolute Gasteiger partial charge is 0.486 e. The van der Waals surface area contributed by atoms with Gasteiger partial charge in [-0.2, -0.15) is 9.50 Å². The van der Waals surface area contributed by atoms with Gasteiger partial charge in [0.1, 0.15) is 17.4 Å². The molecule has 8 nitrogen and oxygen atoms in total. The van der Waals surface area contributed by atoms with Crippen molar-refractivity contribution in [1.82, 2.24) is 24.9 Å². The Morgan fingerprint density at radius 3 is 2.62 bits per heavy atom. The minimum atomic E-state index is -0.493. The molecule has 0 unspecified atom stereocenters. The van der Waals surface area contributed by atoms with E-state index in [1.165, 1.54) is 6.42 Å². The lowest BCUT2D eigenvalue weighted by Gasteiger charge is -2.23. The molecule has 5 rings (SSSR count). The van der Waals surface area contributed by atoms with Gasteiger partial charge in [-0.3, -0.25) is 9.59 Å². The van der Waals surface area contributed by atoms with Gasteiger partial charge in [-0.25, -0.2) is 0 Å². The van der Waals surface area contributed by atoms with Crippen LogP contribution in [0.4, 0.5) is 0 Å². The van der Waals surface area contributed by atoms with E-state index in [0.29, 0.717) is 22.8 Å². The van der Waals surface area contributed by atoms with Crippen molar-refractivity contribution in [2.75, 3.05) is 0 Å². The zero-order chi connectivity index (χ0) is 23.5. The normalized spacial score (nSPS) is 14.3. The van der Waals surface area contributed by atoms with Crippen molar-refractivity contribution in [3.8, 4) is 17.1 Å². The molecule has 0 saturated heterocycles. The molecule has 2 aromatic heterocycles. The predicted molar refractivity (Wildman–Crippen MR) is 129 cm³/mol. The third-order valence-corrected chi connectivity index (χ3v) is 6.38. The number of carbonyl (C=O) groups excluding carboxylic acids is 1. The van der Waals surface area contributed by atoms with Gasteiger partial charge in [0.05, 0.1) is 11.3 Å². The maximum atomic E-state index is 12.9. The van der Waals surface area contributed by atoms with Crippen molar-refractivity contribution in [3.63, 3.8) is 0 Å². The van der Waals surface area contributed by atoms with E-state index >= 15 is 0 Å². The number of nitrogens with zero attached hydrogens (tertiary/aromatic N) is 3. The van der Waals surface area contributed by atoms with E-state index in [1.807, 2.05) is 30.3 Å². The van der Waals surface area contributed by atoms with Crippen LogP contribution in [0, 0.1) is 0 Å².